The Morgan fingerprint density at radius 3 is 2.57 bits per heavy atom. The molecule has 1 saturated carbocycles. The summed E-state index contributed by atoms with van der Waals surface area (Å²) in [5.74, 6) is -0.924. The number of aliphatic carboxylic acids is 1. The van der Waals surface area contributed by atoms with E-state index in [1.54, 1.807) is 18.1 Å². The van der Waals surface area contributed by atoms with Crippen LogP contribution in [0.3, 0.4) is 0 Å². The Morgan fingerprint density at radius 1 is 1.43 bits per heavy atom. The summed E-state index contributed by atoms with van der Waals surface area (Å²) in [6.45, 7) is 7.06. The molecule has 1 aliphatic rings. The Kier molecular flexibility index (Phi) is 4.07. The normalized spacial score (nSPS) is 22.9. The molecule has 116 valence electrons. The van der Waals surface area contributed by atoms with E-state index in [2.05, 4.69) is 4.98 Å². The molecule has 6 nitrogen and oxygen atoms in total. The number of carboxylic acids is 1. The van der Waals surface area contributed by atoms with Gasteiger partial charge in [-0.1, -0.05) is 13.8 Å². The lowest BCUT2D eigenvalue weighted by molar-refractivity contribution is -0.141. The number of carbonyl (C=O) groups is 2. The average molecular weight is 293 g/mol. The standard InChI is InChI=1S/C15H23N3O3/c1-10-16-6-9-18(10)8-5-7-17(4)13(19)11-12(14(20)21)15(11,2)3/h6,9,11-12H,5,7-8H2,1-4H3,(H,20,21)/t11-,12+/m0/s1. The van der Waals surface area contributed by atoms with Gasteiger partial charge in [-0.15, -0.1) is 0 Å². The predicted octanol–water partition coefficient (Wildman–Crippen LogP) is 1.40. The topological polar surface area (TPSA) is 75.4 Å². The minimum Gasteiger partial charge on any atom is -0.481 e. The summed E-state index contributed by atoms with van der Waals surface area (Å²) in [5, 5.41) is 9.14. The molecule has 1 amide bonds. The summed E-state index contributed by atoms with van der Waals surface area (Å²) in [6.07, 6.45) is 4.50. The first-order valence-corrected chi connectivity index (χ1v) is 7.22. The van der Waals surface area contributed by atoms with Gasteiger partial charge in [-0.25, -0.2) is 4.98 Å². The summed E-state index contributed by atoms with van der Waals surface area (Å²) in [5.41, 5.74) is -0.432. The number of carbonyl (C=O) groups excluding carboxylic acids is 1. The molecule has 2 atom stereocenters. The van der Waals surface area contributed by atoms with Gasteiger partial charge in [-0.3, -0.25) is 9.59 Å². The number of hydrogen-bond acceptors (Lipinski definition) is 3. The molecule has 0 unspecified atom stereocenters. The minimum absolute atomic E-state index is 0.0604. The SMILES string of the molecule is Cc1nccn1CCCN(C)C(=O)[C@@H]1[C@H](C(=O)O)C1(C)C. The van der Waals surface area contributed by atoms with Crippen LogP contribution in [0.15, 0.2) is 12.4 Å². The maximum absolute atomic E-state index is 12.3. The zero-order valence-electron chi connectivity index (χ0n) is 13.0. The Hall–Kier alpha value is -1.85. The van der Waals surface area contributed by atoms with Gasteiger partial charge in [-0.2, -0.15) is 0 Å². The lowest BCUT2D eigenvalue weighted by Crippen LogP contribution is -2.31. The zero-order valence-corrected chi connectivity index (χ0v) is 13.0. The van der Waals surface area contributed by atoms with Crippen molar-refractivity contribution < 1.29 is 14.7 Å². The molecule has 1 aromatic heterocycles. The molecule has 1 heterocycles. The summed E-state index contributed by atoms with van der Waals surface area (Å²) in [4.78, 5) is 29.3. The monoisotopic (exact) mass is 293 g/mol. The third kappa shape index (κ3) is 2.94. The van der Waals surface area contributed by atoms with Gasteiger partial charge in [0.15, 0.2) is 0 Å². The van der Waals surface area contributed by atoms with Gasteiger partial charge >= 0.3 is 5.97 Å². The summed E-state index contributed by atoms with van der Waals surface area (Å²) in [6, 6.07) is 0. The minimum atomic E-state index is -0.874. The van der Waals surface area contributed by atoms with E-state index in [0.717, 1.165) is 18.8 Å². The van der Waals surface area contributed by atoms with Gasteiger partial charge in [0, 0.05) is 32.5 Å². The van der Waals surface area contributed by atoms with E-state index < -0.39 is 23.2 Å². The van der Waals surface area contributed by atoms with E-state index >= 15 is 0 Å². The third-order valence-electron chi connectivity index (χ3n) is 4.55. The van der Waals surface area contributed by atoms with Crippen LogP contribution in [0.2, 0.25) is 0 Å². The van der Waals surface area contributed by atoms with Crippen molar-refractivity contribution >= 4 is 11.9 Å². The Bertz CT molecular complexity index is 550. The van der Waals surface area contributed by atoms with Gasteiger partial charge in [0.05, 0.1) is 11.8 Å². The van der Waals surface area contributed by atoms with Crippen LogP contribution in [-0.2, 0) is 16.1 Å². The molecule has 2 rings (SSSR count). The fourth-order valence-corrected chi connectivity index (χ4v) is 3.03. The molecular weight excluding hydrogens is 270 g/mol. The lowest BCUT2D eigenvalue weighted by atomic mass is 10.1. The molecule has 1 aliphatic carbocycles. The van der Waals surface area contributed by atoms with E-state index in [-0.39, 0.29) is 5.91 Å². The van der Waals surface area contributed by atoms with Crippen molar-refractivity contribution in [3.8, 4) is 0 Å². The van der Waals surface area contributed by atoms with E-state index in [0.29, 0.717) is 6.54 Å². The molecule has 1 aromatic rings. The van der Waals surface area contributed by atoms with Crippen LogP contribution in [0.4, 0.5) is 0 Å². The first-order chi connectivity index (χ1) is 9.76. The first-order valence-electron chi connectivity index (χ1n) is 7.22. The Balaban J connectivity index is 1.84. The summed E-state index contributed by atoms with van der Waals surface area (Å²) in [7, 11) is 1.75. The second-order valence-corrected chi connectivity index (χ2v) is 6.40. The molecule has 0 bridgehead atoms. The number of nitrogens with zero attached hydrogens (tertiary/aromatic N) is 3. The first kappa shape index (κ1) is 15.5. The van der Waals surface area contributed by atoms with Gasteiger partial charge < -0.3 is 14.6 Å². The number of carboxylic acid groups (broad SMARTS) is 1. The number of hydrogen-bond donors (Lipinski definition) is 1. The van der Waals surface area contributed by atoms with Crippen LogP contribution >= 0.6 is 0 Å². The molecule has 0 spiro atoms. The summed E-state index contributed by atoms with van der Waals surface area (Å²) >= 11 is 0. The second kappa shape index (κ2) is 5.50. The predicted molar refractivity (Wildman–Crippen MR) is 77.6 cm³/mol. The maximum Gasteiger partial charge on any atom is 0.307 e. The highest BCUT2D eigenvalue weighted by Gasteiger charge is 2.66. The van der Waals surface area contributed by atoms with Crippen molar-refractivity contribution in [3.05, 3.63) is 18.2 Å². The highest BCUT2D eigenvalue weighted by molar-refractivity contribution is 5.91. The molecular formula is C15H23N3O3. The van der Waals surface area contributed by atoms with Crippen LogP contribution in [0.5, 0.6) is 0 Å². The summed E-state index contributed by atoms with van der Waals surface area (Å²) < 4.78 is 2.04. The molecule has 1 N–H and O–H groups in total. The van der Waals surface area contributed by atoms with E-state index in [4.69, 9.17) is 5.11 Å². The third-order valence-corrected chi connectivity index (χ3v) is 4.55. The molecule has 0 saturated heterocycles. The molecule has 21 heavy (non-hydrogen) atoms. The highest BCUT2D eigenvalue weighted by atomic mass is 16.4. The molecule has 1 fully saturated rings. The molecule has 6 heteroatoms. The smallest absolute Gasteiger partial charge is 0.307 e. The zero-order chi connectivity index (χ0) is 15.8. The lowest BCUT2D eigenvalue weighted by Gasteiger charge is -2.18. The number of rotatable bonds is 6. The van der Waals surface area contributed by atoms with E-state index in [9.17, 15) is 9.59 Å². The van der Waals surface area contributed by atoms with Crippen molar-refractivity contribution in [2.24, 2.45) is 17.3 Å². The maximum atomic E-state index is 12.3. The fourth-order valence-electron chi connectivity index (χ4n) is 3.03. The number of imidazole rings is 1. The van der Waals surface area contributed by atoms with Crippen LogP contribution in [-0.4, -0.2) is 45.0 Å². The van der Waals surface area contributed by atoms with Gasteiger partial charge in [0.2, 0.25) is 5.91 Å². The average Bonchev–Trinajstić information content (AvgIpc) is 2.74. The van der Waals surface area contributed by atoms with Crippen molar-refractivity contribution in [2.75, 3.05) is 13.6 Å². The van der Waals surface area contributed by atoms with Crippen molar-refractivity contribution in [1.82, 2.24) is 14.5 Å². The van der Waals surface area contributed by atoms with E-state index in [1.807, 2.05) is 31.5 Å². The quantitative estimate of drug-likeness (QED) is 0.860. The van der Waals surface area contributed by atoms with Gasteiger partial charge in [0.1, 0.15) is 5.82 Å². The number of aryl methyl sites for hydroxylation is 2. The number of aromatic nitrogens is 2. The number of amides is 1. The molecule has 0 radical (unpaired) electrons. The van der Waals surface area contributed by atoms with E-state index in [1.165, 1.54) is 0 Å². The van der Waals surface area contributed by atoms with Crippen molar-refractivity contribution in [2.45, 2.75) is 33.7 Å². The van der Waals surface area contributed by atoms with Crippen LogP contribution < -0.4 is 0 Å². The van der Waals surface area contributed by atoms with Crippen molar-refractivity contribution in [1.29, 1.82) is 0 Å². The Morgan fingerprint density at radius 2 is 2.10 bits per heavy atom. The fraction of sp³-hybridized carbons (Fsp3) is 0.667. The van der Waals surface area contributed by atoms with Crippen LogP contribution in [0.25, 0.3) is 0 Å². The second-order valence-electron chi connectivity index (χ2n) is 6.40. The largest absolute Gasteiger partial charge is 0.481 e. The van der Waals surface area contributed by atoms with Crippen molar-refractivity contribution in [3.63, 3.8) is 0 Å². The highest BCUT2D eigenvalue weighted by Crippen LogP contribution is 2.58. The van der Waals surface area contributed by atoms with Gasteiger partial charge in [0.25, 0.3) is 0 Å². The van der Waals surface area contributed by atoms with Crippen LogP contribution in [0.1, 0.15) is 26.1 Å². The molecule has 0 aliphatic heterocycles. The van der Waals surface area contributed by atoms with Gasteiger partial charge in [-0.05, 0) is 18.8 Å². The Labute approximate surface area is 124 Å². The molecule has 0 aromatic carbocycles. The van der Waals surface area contributed by atoms with Crippen LogP contribution in [0, 0.1) is 24.2 Å².